The normalized spacial score (nSPS) is 16.2. The molecular weight excluding hydrogens is 316 g/mol. The molecule has 2 heterocycles. The Morgan fingerprint density at radius 1 is 1.44 bits per heavy atom. The maximum Gasteiger partial charge on any atom is 0.340 e. The van der Waals surface area contributed by atoms with Gasteiger partial charge < -0.3 is 14.8 Å². The molecule has 1 aromatic heterocycles. The van der Waals surface area contributed by atoms with Gasteiger partial charge in [-0.3, -0.25) is 4.98 Å². The third kappa shape index (κ3) is 3.82. The fraction of sp³-hybridized carbons (Fsp3) is 0.300. The fourth-order valence-electron chi connectivity index (χ4n) is 3.04. The molecule has 3 rings (SSSR count). The molecule has 0 saturated carbocycles. The molecule has 1 atom stereocenters. The minimum Gasteiger partial charge on any atom is -0.493 e. The fourth-order valence-corrected chi connectivity index (χ4v) is 3.04. The third-order valence-corrected chi connectivity index (χ3v) is 4.33. The average molecular weight is 338 g/mol. The second-order valence-electron chi connectivity index (χ2n) is 5.93. The molecule has 1 aliphatic heterocycles. The van der Waals surface area contributed by atoms with Gasteiger partial charge in [-0.25, -0.2) is 4.79 Å². The number of anilines is 1. The van der Waals surface area contributed by atoms with Crippen LogP contribution in [-0.2, 0) is 4.74 Å². The van der Waals surface area contributed by atoms with Crippen molar-refractivity contribution in [2.75, 3.05) is 25.6 Å². The quantitative estimate of drug-likeness (QED) is 0.838. The van der Waals surface area contributed by atoms with E-state index in [-0.39, 0.29) is 5.97 Å². The smallest absolute Gasteiger partial charge is 0.340 e. The molecule has 0 fully saturated rings. The average Bonchev–Trinajstić information content (AvgIpc) is 2.66. The highest BCUT2D eigenvalue weighted by Crippen LogP contribution is 2.35. The number of nitrogens with zero attached hydrogens (tertiary/aromatic N) is 1. The van der Waals surface area contributed by atoms with Gasteiger partial charge in [0, 0.05) is 18.7 Å². The zero-order chi connectivity index (χ0) is 17.6. The number of rotatable bonds is 5. The van der Waals surface area contributed by atoms with Crippen molar-refractivity contribution in [2.45, 2.75) is 19.3 Å². The Morgan fingerprint density at radius 3 is 3.12 bits per heavy atom. The van der Waals surface area contributed by atoms with Crippen molar-refractivity contribution >= 4 is 17.7 Å². The van der Waals surface area contributed by atoms with Crippen LogP contribution in [-0.4, -0.2) is 31.2 Å². The number of esters is 1. The number of hydrogen-bond donors (Lipinski definition) is 1. The molecule has 0 amide bonds. The summed E-state index contributed by atoms with van der Waals surface area (Å²) in [5.74, 6) is 0.885. The lowest BCUT2D eigenvalue weighted by atomic mass is 9.92. The first-order valence-electron chi connectivity index (χ1n) is 8.38. The van der Waals surface area contributed by atoms with E-state index in [0.717, 1.165) is 17.7 Å². The predicted molar refractivity (Wildman–Crippen MR) is 98.1 cm³/mol. The van der Waals surface area contributed by atoms with Gasteiger partial charge in [-0.15, -0.1) is 0 Å². The number of carbonyl (C=O) groups is 1. The zero-order valence-electron chi connectivity index (χ0n) is 14.5. The van der Waals surface area contributed by atoms with Crippen molar-refractivity contribution in [1.29, 1.82) is 0 Å². The van der Waals surface area contributed by atoms with Crippen molar-refractivity contribution in [1.82, 2.24) is 4.98 Å². The van der Waals surface area contributed by atoms with Crippen molar-refractivity contribution in [3.63, 3.8) is 0 Å². The molecule has 5 heteroatoms. The Labute approximate surface area is 147 Å². The van der Waals surface area contributed by atoms with E-state index in [2.05, 4.69) is 34.6 Å². The summed E-state index contributed by atoms with van der Waals surface area (Å²) in [6.07, 6.45) is 8.24. The molecule has 0 radical (unpaired) electrons. The van der Waals surface area contributed by atoms with E-state index in [1.807, 2.05) is 13.0 Å². The summed E-state index contributed by atoms with van der Waals surface area (Å²) in [7, 11) is 1.38. The largest absolute Gasteiger partial charge is 0.493 e. The summed E-state index contributed by atoms with van der Waals surface area (Å²) in [5.41, 5.74) is 3.51. The van der Waals surface area contributed by atoms with Crippen LogP contribution >= 0.6 is 0 Å². The summed E-state index contributed by atoms with van der Waals surface area (Å²) in [6, 6.07) is 7.96. The van der Waals surface area contributed by atoms with Gasteiger partial charge in [0.2, 0.25) is 0 Å². The number of carbonyl (C=O) groups excluding carboxylic acids is 1. The number of benzene rings is 1. The van der Waals surface area contributed by atoms with Crippen LogP contribution in [0.3, 0.4) is 0 Å². The van der Waals surface area contributed by atoms with Gasteiger partial charge in [-0.1, -0.05) is 24.3 Å². The lowest BCUT2D eigenvalue weighted by Crippen LogP contribution is -2.21. The van der Waals surface area contributed by atoms with Crippen molar-refractivity contribution in [3.05, 3.63) is 59.4 Å². The molecule has 2 aromatic rings. The number of fused-ring (bicyclic) bond motifs is 1. The molecule has 1 N–H and O–H groups in total. The van der Waals surface area contributed by atoms with Gasteiger partial charge >= 0.3 is 5.97 Å². The van der Waals surface area contributed by atoms with Crippen LogP contribution in [0.1, 0.15) is 40.7 Å². The minimum atomic E-state index is -0.367. The van der Waals surface area contributed by atoms with Crippen molar-refractivity contribution in [2.24, 2.45) is 0 Å². The second-order valence-corrected chi connectivity index (χ2v) is 5.93. The van der Waals surface area contributed by atoms with Gasteiger partial charge in [-0.2, -0.15) is 0 Å². The molecule has 0 spiro atoms. The summed E-state index contributed by atoms with van der Waals surface area (Å²) >= 11 is 0. The highest BCUT2D eigenvalue weighted by atomic mass is 16.5. The van der Waals surface area contributed by atoms with Gasteiger partial charge in [0.25, 0.3) is 0 Å². The molecule has 0 saturated heterocycles. The van der Waals surface area contributed by atoms with Crippen LogP contribution in [0.15, 0.2) is 42.7 Å². The summed E-state index contributed by atoms with van der Waals surface area (Å²) in [6.45, 7) is 3.39. The maximum atomic E-state index is 11.9. The van der Waals surface area contributed by atoms with Gasteiger partial charge in [-0.05, 0) is 36.6 Å². The summed E-state index contributed by atoms with van der Waals surface area (Å²) in [5, 5.41) is 3.35. The number of nitrogens with one attached hydrogen (secondary N) is 1. The topological polar surface area (TPSA) is 60.5 Å². The molecule has 1 aliphatic rings. The van der Waals surface area contributed by atoms with E-state index in [1.165, 1.54) is 12.7 Å². The first kappa shape index (κ1) is 17.0. The Bertz CT molecular complexity index is 786. The molecule has 130 valence electrons. The van der Waals surface area contributed by atoms with Crippen LogP contribution < -0.4 is 10.1 Å². The highest BCUT2D eigenvalue weighted by Gasteiger charge is 2.22. The lowest BCUT2D eigenvalue weighted by Gasteiger charge is -2.27. The number of hydrogen-bond acceptors (Lipinski definition) is 5. The van der Waals surface area contributed by atoms with E-state index in [1.54, 1.807) is 18.5 Å². The molecular formula is C20H22N2O3. The number of methoxy groups -OCH3 is 1. The third-order valence-electron chi connectivity index (χ3n) is 4.33. The lowest BCUT2D eigenvalue weighted by molar-refractivity contribution is 0.0601. The predicted octanol–water partition coefficient (Wildman–Crippen LogP) is 3.88. The highest BCUT2D eigenvalue weighted by molar-refractivity contribution is 5.95. The van der Waals surface area contributed by atoms with E-state index in [4.69, 9.17) is 9.47 Å². The SMILES string of the molecule is C/C=C/c1ccc2c(c1)OCC[C@@H]2CNc1cnccc1C(=O)OC. The standard InChI is InChI=1S/C20H22N2O3/c1-3-4-14-5-6-16-15(8-10-25-19(16)11-14)12-22-18-13-21-9-7-17(18)20(23)24-2/h3-7,9,11,13,15,22H,8,10,12H2,1-2H3/b4-3+/t15-/m1/s1. The Hall–Kier alpha value is -2.82. The summed E-state index contributed by atoms with van der Waals surface area (Å²) < 4.78 is 10.7. The molecule has 0 aliphatic carbocycles. The van der Waals surface area contributed by atoms with Gasteiger partial charge in [0.1, 0.15) is 5.75 Å². The van der Waals surface area contributed by atoms with Crippen LogP contribution in [0.4, 0.5) is 5.69 Å². The number of aromatic nitrogens is 1. The second kappa shape index (κ2) is 7.83. The first-order valence-corrected chi connectivity index (χ1v) is 8.38. The molecule has 0 unspecified atom stereocenters. The first-order chi connectivity index (χ1) is 12.2. The van der Waals surface area contributed by atoms with Gasteiger partial charge in [0.05, 0.1) is 31.2 Å². The van der Waals surface area contributed by atoms with E-state index >= 15 is 0 Å². The van der Waals surface area contributed by atoms with Crippen LogP contribution in [0.5, 0.6) is 5.75 Å². The number of ether oxygens (including phenoxy) is 2. The number of pyridine rings is 1. The van der Waals surface area contributed by atoms with Gasteiger partial charge in [0.15, 0.2) is 0 Å². The van der Waals surface area contributed by atoms with Crippen molar-refractivity contribution < 1.29 is 14.3 Å². The molecule has 25 heavy (non-hydrogen) atoms. The Kier molecular flexibility index (Phi) is 5.33. The number of allylic oxidation sites excluding steroid dienone is 1. The van der Waals surface area contributed by atoms with Crippen molar-refractivity contribution in [3.8, 4) is 5.75 Å². The zero-order valence-corrected chi connectivity index (χ0v) is 14.5. The molecule has 5 nitrogen and oxygen atoms in total. The molecule has 1 aromatic carbocycles. The minimum absolute atomic E-state index is 0.314. The Balaban J connectivity index is 1.77. The van der Waals surface area contributed by atoms with E-state index < -0.39 is 0 Å². The maximum absolute atomic E-state index is 11.9. The van der Waals surface area contributed by atoms with E-state index in [9.17, 15) is 4.79 Å². The van der Waals surface area contributed by atoms with Crippen LogP contribution in [0, 0.1) is 0 Å². The molecule has 0 bridgehead atoms. The monoisotopic (exact) mass is 338 g/mol. The Morgan fingerprint density at radius 2 is 2.32 bits per heavy atom. The van der Waals surface area contributed by atoms with Crippen LogP contribution in [0.25, 0.3) is 6.08 Å². The summed E-state index contributed by atoms with van der Waals surface area (Å²) in [4.78, 5) is 16.0. The van der Waals surface area contributed by atoms with Crippen LogP contribution in [0.2, 0.25) is 0 Å². The van der Waals surface area contributed by atoms with E-state index in [0.29, 0.717) is 30.3 Å².